The van der Waals surface area contributed by atoms with Gasteiger partial charge in [-0.2, -0.15) is 0 Å². The topological polar surface area (TPSA) is 20.2 Å². The van der Waals surface area contributed by atoms with E-state index in [0.29, 0.717) is 0 Å². The largest absolute Gasteiger partial charge is 0.364 e. The van der Waals surface area contributed by atoms with E-state index in [2.05, 4.69) is 0 Å². The van der Waals surface area contributed by atoms with E-state index in [9.17, 15) is 4.89 Å². The van der Waals surface area contributed by atoms with Crippen LogP contribution >= 0.6 is 42.1 Å². The molecule has 2 rings (SSSR count). The summed E-state index contributed by atoms with van der Waals surface area (Å²) >= 11 is 0. The third-order valence-corrected chi connectivity index (χ3v) is 3.58. The Morgan fingerprint density at radius 1 is 0.647 bits per heavy atom. The van der Waals surface area contributed by atoms with Crippen molar-refractivity contribution in [3.8, 4) is 0 Å². The Kier molecular flexibility index (Phi) is 12.1. The minimum atomic E-state index is -1.17. The van der Waals surface area contributed by atoms with Crippen LogP contribution in [0.1, 0.15) is 0 Å². The Hall–Kier alpha value is 0.439. The van der Waals surface area contributed by atoms with Crippen LogP contribution in [0.2, 0.25) is 0 Å². The molecule has 0 unspecified atom stereocenters. The van der Waals surface area contributed by atoms with Crippen LogP contribution in [0.25, 0.3) is 0 Å². The Balaban J connectivity index is 0. The predicted octanol–water partition coefficient (Wildman–Crippen LogP) is 3.18. The molecule has 5 heteroatoms. The molecule has 0 atom stereocenters. The van der Waals surface area contributed by atoms with Crippen LogP contribution < -0.4 is 10.6 Å². The fraction of sp³-hybridized carbons (Fsp3) is 0. The van der Waals surface area contributed by atoms with Crippen LogP contribution in [0.4, 0.5) is 0 Å². The first-order chi connectivity index (χ1) is 6.88. The van der Waals surface area contributed by atoms with Crippen LogP contribution in [0.5, 0.6) is 0 Å². The second-order valence-corrected chi connectivity index (χ2v) is 4.64. The maximum Gasteiger partial charge on any atom is 0.0877 e. The van der Waals surface area contributed by atoms with E-state index in [-0.39, 0.29) is 54.1 Å². The Bertz CT molecular complexity index is 360. The van der Waals surface area contributed by atoms with Crippen molar-refractivity contribution in [1.82, 2.24) is 0 Å². The zero-order valence-corrected chi connectivity index (χ0v) is 15.5. The van der Waals surface area contributed by atoms with Gasteiger partial charge in [0.1, 0.15) is 0 Å². The minimum absolute atomic E-state index is 0. The van der Waals surface area contributed by atoms with E-state index >= 15 is 0 Å². The van der Waals surface area contributed by atoms with Crippen molar-refractivity contribution in [1.29, 1.82) is 0 Å². The Morgan fingerprint density at radius 2 is 0.941 bits per heavy atom. The fourth-order valence-electron chi connectivity index (χ4n) is 1.29. The molecule has 1 nitrogen and oxygen atoms in total. The second-order valence-electron chi connectivity index (χ2n) is 2.98. The number of benzene rings is 2. The number of rotatable bonds is 2. The summed E-state index contributed by atoms with van der Waals surface area (Å²) in [5.74, 6) is 0. The smallest absolute Gasteiger partial charge is 0.0877 e. The van der Waals surface area contributed by atoms with E-state index in [4.69, 9.17) is 0 Å². The van der Waals surface area contributed by atoms with Crippen LogP contribution in [-0.2, 0) is 20.1 Å². The Morgan fingerprint density at radius 3 is 1.24 bits per heavy atom. The molecule has 0 aliphatic carbocycles. The van der Waals surface area contributed by atoms with Crippen molar-refractivity contribution in [3.05, 3.63) is 60.7 Å². The average Bonchev–Trinajstić information content (AvgIpc) is 2.30. The summed E-state index contributed by atoms with van der Waals surface area (Å²) < 4.78 is 0. The van der Waals surface area contributed by atoms with Gasteiger partial charge in [0.25, 0.3) is 0 Å². The van der Waals surface area contributed by atoms with Crippen LogP contribution in [0.3, 0.4) is 0 Å². The molecule has 1 radical (unpaired) electrons. The molecule has 0 bridgehead atoms. The fourth-order valence-corrected chi connectivity index (χ4v) is 2.49. The molecule has 0 saturated heterocycles. The van der Waals surface area contributed by atoms with Gasteiger partial charge in [-0.05, 0) is 0 Å². The summed E-state index contributed by atoms with van der Waals surface area (Å²) in [7, 11) is -1.17. The molecule has 0 aromatic heterocycles. The molecule has 95 valence electrons. The van der Waals surface area contributed by atoms with Crippen molar-refractivity contribution >= 4 is 52.7 Å². The SMILES string of the molecule is Br.Br.OP(c1ccccc1)c1ccccc1.[Ir]. The summed E-state index contributed by atoms with van der Waals surface area (Å²) in [6.07, 6.45) is 0. The van der Waals surface area contributed by atoms with Gasteiger partial charge in [0, 0.05) is 30.7 Å². The molecule has 0 heterocycles. The second kappa shape index (κ2) is 10.4. The quantitative estimate of drug-likeness (QED) is 0.564. The monoisotopic (exact) mass is 555 g/mol. The number of hydrogen-bond acceptors (Lipinski definition) is 1. The van der Waals surface area contributed by atoms with Crippen molar-refractivity contribution in [2.24, 2.45) is 0 Å². The van der Waals surface area contributed by atoms with Gasteiger partial charge >= 0.3 is 0 Å². The third-order valence-electron chi connectivity index (χ3n) is 2.00. The number of hydrogen-bond donors (Lipinski definition) is 1. The summed E-state index contributed by atoms with van der Waals surface area (Å²) in [6, 6.07) is 19.5. The first-order valence-corrected chi connectivity index (χ1v) is 5.76. The molecule has 0 fully saturated rings. The maximum absolute atomic E-state index is 10.1. The van der Waals surface area contributed by atoms with Crippen molar-refractivity contribution < 1.29 is 25.0 Å². The third kappa shape index (κ3) is 5.74. The molecule has 2 aromatic rings. The van der Waals surface area contributed by atoms with Crippen LogP contribution in [0, 0.1) is 0 Å². The van der Waals surface area contributed by atoms with Gasteiger partial charge in [0.15, 0.2) is 0 Å². The van der Waals surface area contributed by atoms with Crippen molar-refractivity contribution in [3.63, 3.8) is 0 Å². The molecular weight excluding hydrogens is 543 g/mol. The summed E-state index contributed by atoms with van der Waals surface area (Å²) in [5.41, 5.74) is 0. The van der Waals surface area contributed by atoms with E-state index in [1.54, 1.807) is 0 Å². The van der Waals surface area contributed by atoms with Gasteiger partial charge < -0.3 is 4.89 Å². The molecule has 0 saturated carbocycles. The molecule has 0 amide bonds. The summed E-state index contributed by atoms with van der Waals surface area (Å²) in [4.78, 5) is 10.1. The van der Waals surface area contributed by atoms with Crippen molar-refractivity contribution in [2.75, 3.05) is 0 Å². The molecule has 17 heavy (non-hydrogen) atoms. The molecule has 2 aromatic carbocycles. The first-order valence-electron chi connectivity index (χ1n) is 4.47. The average molecular weight is 556 g/mol. The first kappa shape index (κ1) is 19.8. The summed E-state index contributed by atoms with van der Waals surface area (Å²) in [5, 5.41) is 1.99. The maximum atomic E-state index is 10.1. The molecule has 0 aliphatic rings. The summed E-state index contributed by atoms with van der Waals surface area (Å²) in [6.45, 7) is 0. The van der Waals surface area contributed by atoms with Gasteiger partial charge in [-0.3, -0.25) is 0 Å². The van der Waals surface area contributed by atoms with E-state index in [1.165, 1.54) is 0 Å². The minimum Gasteiger partial charge on any atom is -0.364 e. The van der Waals surface area contributed by atoms with Gasteiger partial charge in [0.2, 0.25) is 0 Å². The normalized spacial score (nSPS) is 8.59. The van der Waals surface area contributed by atoms with E-state index < -0.39 is 8.15 Å². The molecule has 0 spiro atoms. The molecule has 1 N–H and O–H groups in total. The van der Waals surface area contributed by atoms with Crippen LogP contribution in [-0.4, -0.2) is 4.89 Å². The number of halogens is 2. The van der Waals surface area contributed by atoms with Crippen LogP contribution in [0.15, 0.2) is 60.7 Å². The zero-order valence-electron chi connectivity index (χ0n) is 8.82. The molecule has 0 aliphatic heterocycles. The zero-order chi connectivity index (χ0) is 9.80. The van der Waals surface area contributed by atoms with Gasteiger partial charge in [-0.1, -0.05) is 60.7 Å². The van der Waals surface area contributed by atoms with Gasteiger partial charge in [-0.15, -0.1) is 34.0 Å². The standard InChI is InChI=1S/C12H11OP.2BrH.Ir/c13-14(11-7-3-1-4-8-11)12-9-5-2-6-10-12;;;/h1-10,13H;2*1H;. The Labute approximate surface area is 137 Å². The van der Waals surface area contributed by atoms with E-state index in [1.807, 2.05) is 60.7 Å². The van der Waals surface area contributed by atoms with Crippen molar-refractivity contribution in [2.45, 2.75) is 0 Å². The van der Waals surface area contributed by atoms with Gasteiger partial charge in [0.05, 0.1) is 8.15 Å². The van der Waals surface area contributed by atoms with Gasteiger partial charge in [-0.25, -0.2) is 0 Å². The predicted molar refractivity (Wildman–Crippen MR) is 81.9 cm³/mol. The van der Waals surface area contributed by atoms with E-state index in [0.717, 1.165) is 10.6 Å². The molecular formula is C12H13Br2IrOP.